The fourth-order valence-electron chi connectivity index (χ4n) is 3.21. The van der Waals surface area contributed by atoms with Crippen molar-refractivity contribution in [2.75, 3.05) is 23.7 Å². The Morgan fingerprint density at radius 3 is 2.80 bits per heavy atom. The van der Waals surface area contributed by atoms with Gasteiger partial charge < -0.3 is 10.6 Å². The van der Waals surface area contributed by atoms with Crippen LogP contribution in [0.15, 0.2) is 36.7 Å². The minimum atomic E-state index is -0.0438. The summed E-state index contributed by atoms with van der Waals surface area (Å²) in [5, 5.41) is 6.33. The molecule has 1 aliphatic rings. The monoisotopic (exact) mass is 339 g/mol. The second kappa shape index (κ2) is 8.07. The molecule has 3 rings (SSSR count). The summed E-state index contributed by atoms with van der Waals surface area (Å²) in [5.41, 5.74) is 3.07. The minimum Gasteiger partial charge on any atom is -0.366 e. The number of amides is 1. The zero-order valence-corrected chi connectivity index (χ0v) is 14.8. The van der Waals surface area contributed by atoms with Crippen molar-refractivity contribution in [3.8, 4) is 0 Å². The summed E-state index contributed by atoms with van der Waals surface area (Å²) in [5.74, 6) is 0.858. The molecule has 1 atom stereocenters. The molecule has 132 valence electrons. The van der Waals surface area contributed by atoms with E-state index in [-0.39, 0.29) is 5.91 Å². The van der Waals surface area contributed by atoms with Gasteiger partial charge in [0.25, 0.3) is 0 Å². The number of aromatic nitrogens is 2. The van der Waals surface area contributed by atoms with Crippen molar-refractivity contribution >= 4 is 17.4 Å². The number of carbonyl (C=O) groups is 1. The fraction of sp³-hybridized carbons (Fsp3) is 0.421. The first-order valence-corrected chi connectivity index (χ1v) is 8.72. The standard InChI is InChI=1S/C19H25N5O/c1-14-10-19(21-13-20-14)23-18-4-3-9-24(12-18)11-16-5-7-17(8-6-16)22-15(2)25/h5-8,10,13,18H,3-4,9,11-12H2,1-2H3,(H,22,25)(H,20,21,23). The Bertz CT molecular complexity index is 716. The first-order chi connectivity index (χ1) is 12.1. The van der Waals surface area contributed by atoms with Crippen LogP contribution in [0, 0.1) is 6.92 Å². The van der Waals surface area contributed by atoms with Crippen molar-refractivity contribution in [1.82, 2.24) is 14.9 Å². The lowest BCUT2D eigenvalue weighted by Crippen LogP contribution is -2.41. The van der Waals surface area contributed by atoms with Crippen molar-refractivity contribution in [2.45, 2.75) is 39.3 Å². The van der Waals surface area contributed by atoms with E-state index in [9.17, 15) is 4.79 Å². The van der Waals surface area contributed by atoms with Crippen LogP contribution in [-0.4, -0.2) is 39.9 Å². The summed E-state index contributed by atoms with van der Waals surface area (Å²) in [6, 6.07) is 10.5. The van der Waals surface area contributed by atoms with E-state index < -0.39 is 0 Å². The number of hydrogen-bond donors (Lipinski definition) is 2. The minimum absolute atomic E-state index is 0.0438. The average molecular weight is 339 g/mol. The smallest absolute Gasteiger partial charge is 0.221 e. The highest BCUT2D eigenvalue weighted by molar-refractivity contribution is 5.88. The molecule has 25 heavy (non-hydrogen) atoms. The van der Waals surface area contributed by atoms with Crippen LogP contribution in [0.1, 0.15) is 31.0 Å². The summed E-state index contributed by atoms with van der Waals surface area (Å²) in [4.78, 5) is 22.0. The molecule has 1 aliphatic heterocycles. The van der Waals surface area contributed by atoms with Crippen LogP contribution >= 0.6 is 0 Å². The number of likely N-dealkylation sites (tertiary alicyclic amines) is 1. The molecule has 0 aliphatic carbocycles. The van der Waals surface area contributed by atoms with Gasteiger partial charge in [-0.1, -0.05) is 12.1 Å². The quantitative estimate of drug-likeness (QED) is 0.876. The summed E-state index contributed by atoms with van der Waals surface area (Å²) < 4.78 is 0. The number of benzene rings is 1. The molecule has 1 aromatic carbocycles. The predicted octanol–water partition coefficient (Wildman–Crippen LogP) is 2.82. The van der Waals surface area contributed by atoms with Crippen LogP contribution in [0.3, 0.4) is 0 Å². The molecule has 1 amide bonds. The summed E-state index contributed by atoms with van der Waals surface area (Å²) in [6.07, 6.45) is 3.93. The van der Waals surface area contributed by atoms with E-state index in [1.807, 2.05) is 25.1 Å². The number of hydrogen-bond acceptors (Lipinski definition) is 5. The van der Waals surface area contributed by atoms with Gasteiger partial charge in [-0.2, -0.15) is 0 Å². The highest BCUT2D eigenvalue weighted by Gasteiger charge is 2.20. The van der Waals surface area contributed by atoms with Crippen LogP contribution in [-0.2, 0) is 11.3 Å². The first kappa shape index (κ1) is 17.4. The maximum Gasteiger partial charge on any atom is 0.221 e. The number of aryl methyl sites for hydroxylation is 1. The van der Waals surface area contributed by atoms with Crippen molar-refractivity contribution < 1.29 is 4.79 Å². The van der Waals surface area contributed by atoms with Crippen molar-refractivity contribution in [3.63, 3.8) is 0 Å². The van der Waals surface area contributed by atoms with Crippen LogP contribution in [0.4, 0.5) is 11.5 Å². The van der Waals surface area contributed by atoms with Gasteiger partial charge in [-0.15, -0.1) is 0 Å². The molecule has 1 fully saturated rings. The van der Waals surface area contributed by atoms with Gasteiger partial charge >= 0.3 is 0 Å². The molecule has 6 nitrogen and oxygen atoms in total. The van der Waals surface area contributed by atoms with E-state index in [1.165, 1.54) is 18.9 Å². The SMILES string of the molecule is CC(=O)Nc1ccc(CN2CCCC(Nc3cc(C)ncn3)C2)cc1. The van der Waals surface area contributed by atoms with Gasteiger partial charge in [0.05, 0.1) is 0 Å². The molecule has 0 radical (unpaired) electrons. The second-order valence-corrected chi connectivity index (χ2v) is 6.64. The lowest BCUT2D eigenvalue weighted by atomic mass is 10.0. The number of nitrogens with zero attached hydrogens (tertiary/aromatic N) is 3. The predicted molar refractivity (Wildman–Crippen MR) is 99.4 cm³/mol. The Morgan fingerprint density at radius 2 is 2.08 bits per heavy atom. The molecule has 1 aromatic heterocycles. The van der Waals surface area contributed by atoms with Gasteiger partial charge in [-0.3, -0.25) is 9.69 Å². The van der Waals surface area contributed by atoms with Gasteiger partial charge in [-0.25, -0.2) is 9.97 Å². The molecule has 6 heteroatoms. The maximum atomic E-state index is 11.1. The molecule has 0 bridgehead atoms. The second-order valence-electron chi connectivity index (χ2n) is 6.64. The van der Waals surface area contributed by atoms with Crippen LogP contribution in [0.5, 0.6) is 0 Å². The highest BCUT2D eigenvalue weighted by Crippen LogP contribution is 2.18. The highest BCUT2D eigenvalue weighted by atomic mass is 16.1. The molecule has 2 heterocycles. The Hall–Kier alpha value is -2.47. The Labute approximate surface area is 148 Å². The van der Waals surface area contributed by atoms with Gasteiger partial charge in [0.1, 0.15) is 12.1 Å². The number of piperidine rings is 1. The Balaban J connectivity index is 1.55. The summed E-state index contributed by atoms with van der Waals surface area (Å²) in [6.45, 7) is 6.52. The van der Waals surface area contributed by atoms with E-state index in [4.69, 9.17) is 0 Å². The zero-order chi connectivity index (χ0) is 17.6. The topological polar surface area (TPSA) is 70.2 Å². The number of anilines is 2. The maximum absolute atomic E-state index is 11.1. The number of carbonyl (C=O) groups excluding carboxylic acids is 1. The van der Waals surface area contributed by atoms with Crippen LogP contribution in [0.2, 0.25) is 0 Å². The molecule has 2 N–H and O–H groups in total. The summed E-state index contributed by atoms with van der Waals surface area (Å²) >= 11 is 0. The number of nitrogens with one attached hydrogen (secondary N) is 2. The third-order valence-electron chi connectivity index (χ3n) is 4.34. The van der Waals surface area contributed by atoms with E-state index in [2.05, 4.69) is 37.6 Å². The average Bonchev–Trinajstić information content (AvgIpc) is 2.57. The van der Waals surface area contributed by atoms with Gasteiger partial charge in [0.2, 0.25) is 5.91 Å². The molecule has 1 unspecified atom stereocenters. The largest absolute Gasteiger partial charge is 0.366 e. The van der Waals surface area contributed by atoms with E-state index in [0.717, 1.165) is 43.3 Å². The lowest BCUT2D eigenvalue weighted by Gasteiger charge is -2.33. The molecule has 0 spiro atoms. The fourth-order valence-corrected chi connectivity index (χ4v) is 3.21. The van der Waals surface area contributed by atoms with Crippen molar-refractivity contribution in [1.29, 1.82) is 0 Å². The van der Waals surface area contributed by atoms with Gasteiger partial charge in [0.15, 0.2) is 0 Å². The molecular formula is C19H25N5O. The molecule has 2 aromatic rings. The van der Waals surface area contributed by atoms with Crippen molar-refractivity contribution in [3.05, 3.63) is 47.9 Å². The van der Waals surface area contributed by atoms with E-state index in [0.29, 0.717) is 6.04 Å². The van der Waals surface area contributed by atoms with E-state index >= 15 is 0 Å². The third kappa shape index (κ3) is 5.26. The summed E-state index contributed by atoms with van der Waals surface area (Å²) in [7, 11) is 0. The van der Waals surface area contributed by atoms with Crippen LogP contribution < -0.4 is 10.6 Å². The lowest BCUT2D eigenvalue weighted by molar-refractivity contribution is -0.114. The Morgan fingerprint density at radius 1 is 1.28 bits per heavy atom. The molecule has 1 saturated heterocycles. The van der Waals surface area contributed by atoms with E-state index in [1.54, 1.807) is 6.33 Å². The van der Waals surface area contributed by atoms with Gasteiger partial charge in [0, 0.05) is 43.5 Å². The normalized spacial score (nSPS) is 17.9. The first-order valence-electron chi connectivity index (χ1n) is 8.72. The molecular weight excluding hydrogens is 314 g/mol. The van der Waals surface area contributed by atoms with Crippen molar-refractivity contribution in [2.24, 2.45) is 0 Å². The molecule has 0 saturated carbocycles. The van der Waals surface area contributed by atoms with Crippen LogP contribution in [0.25, 0.3) is 0 Å². The third-order valence-corrected chi connectivity index (χ3v) is 4.34. The van der Waals surface area contributed by atoms with Gasteiger partial charge in [-0.05, 0) is 44.0 Å². The number of rotatable bonds is 5. The zero-order valence-electron chi connectivity index (χ0n) is 14.8. The Kier molecular flexibility index (Phi) is 5.60.